The Hall–Kier alpha value is -2.84. The van der Waals surface area contributed by atoms with Gasteiger partial charge in [0.2, 0.25) is 0 Å². The van der Waals surface area contributed by atoms with E-state index in [9.17, 15) is 22.8 Å². The summed E-state index contributed by atoms with van der Waals surface area (Å²) in [4.78, 5) is 26.1. The van der Waals surface area contributed by atoms with Gasteiger partial charge in [-0.25, -0.2) is 0 Å². The molecule has 3 rings (SSSR count). The first kappa shape index (κ1) is 18.9. The number of aromatic nitrogens is 1. The highest BCUT2D eigenvalue weighted by molar-refractivity contribution is 5.94. The van der Waals surface area contributed by atoms with Crippen LogP contribution in [0.5, 0.6) is 0 Å². The number of nitrogens with one attached hydrogen (secondary N) is 1. The molecule has 0 atom stereocenters. The van der Waals surface area contributed by atoms with Crippen molar-refractivity contribution in [2.24, 2.45) is 0 Å². The molecule has 0 unspecified atom stereocenters. The first-order chi connectivity index (χ1) is 12.7. The number of carbonyl (C=O) groups excluding carboxylic acids is 2. The van der Waals surface area contributed by atoms with Crippen molar-refractivity contribution in [2.45, 2.75) is 32.0 Å². The number of carbonyl (C=O) groups is 2. The van der Waals surface area contributed by atoms with Crippen LogP contribution in [0.25, 0.3) is 0 Å². The van der Waals surface area contributed by atoms with Gasteiger partial charge in [-0.3, -0.25) is 9.59 Å². The summed E-state index contributed by atoms with van der Waals surface area (Å²) < 4.78 is 42.7. The van der Waals surface area contributed by atoms with E-state index in [1.807, 2.05) is 0 Å². The van der Waals surface area contributed by atoms with Crippen molar-refractivity contribution in [2.75, 3.05) is 13.1 Å². The van der Waals surface area contributed by atoms with Gasteiger partial charge < -0.3 is 14.7 Å². The molecule has 2 amide bonds. The summed E-state index contributed by atoms with van der Waals surface area (Å²) in [5.74, 6) is -0.114. The molecule has 0 bridgehead atoms. The molecule has 2 heterocycles. The third-order valence-corrected chi connectivity index (χ3v) is 4.44. The van der Waals surface area contributed by atoms with E-state index in [0.717, 1.165) is 12.1 Å². The molecule has 1 aromatic heterocycles. The molecule has 0 saturated carbocycles. The van der Waals surface area contributed by atoms with E-state index in [2.05, 4.69) is 10.5 Å². The molecule has 1 fully saturated rings. The van der Waals surface area contributed by atoms with E-state index < -0.39 is 11.7 Å². The van der Waals surface area contributed by atoms with Crippen molar-refractivity contribution in [3.05, 3.63) is 52.9 Å². The maximum atomic E-state index is 12.6. The minimum absolute atomic E-state index is 0.105. The lowest BCUT2D eigenvalue weighted by molar-refractivity contribution is -0.137. The predicted octanol–water partition coefficient (Wildman–Crippen LogP) is 3.04. The molecule has 1 aliphatic heterocycles. The molecule has 6 nitrogen and oxygen atoms in total. The van der Waals surface area contributed by atoms with Crippen molar-refractivity contribution in [1.29, 1.82) is 0 Å². The highest BCUT2D eigenvalue weighted by Gasteiger charge is 2.31. The minimum atomic E-state index is -4.43. The Bertz CT molecular complexity index is 822. The number of alkyl halides is 3. The topological polar surface area (TPSA) is 75.4 Å². The first-order valence-electron chi connectivity index (χ1n) is 8.45. The van der Waals surface area contributed by atoms with Gasteiger partial charge in [0.25, 0.3) is 11.8 Å². The van der Waals surface area contributed by atoms with Gasteiger partial charge in [0.1, 0.15) is 5.76 Å². The molecule has 0 aliphatic carbocycles. The standard InChI is InChI=1S/C18H18F3N3O3/c1-11-10-15(23-27-11)16(25)22-14-6-8-24(9-7-14)17(26)12-2-4-13(5-3-12)18(19,20)21/h2-5,10,14H,6-9H2,1H3,(H,22,25). The lowest BCUT2D eigenvalue weighted by Crippen LogP contribution is -2.46. The Morgan fingerprint density at radius 1 is 1.19 bits per heavy atom. The third-order valence-electron chi connectivity index (χ3n) is 4.44. The minimum Gasteiger partial charge on any atom is -0.361 e. The number of amides is 2. The fourth-order valence-corrected chi connectivity index (χ4v) is 2.94. The van der Waals surface area contributed by atoms with Crippen LogP contribution in [0.1, 0.15) is 45.0 Å². The summed E-state index contributed by atoms with van der Waals surface area (Å²) in [5.41, 5.74) is -0.372. The lowest BCUT2D eigenvalue weighted by Gasteiger charge is -2.32. The zero-order valence-corrected chi connectivity index (χ0v) is 14.5. The Balaban J connectivity index is 1.54. The summed E-state index contributed by atoms with van der Waals surface area (Å²) in [6.07, 6.45) is -3.33. The van der Waals surface area contributed by atoms with Crippen LogP contribution < -0.4 is 5.32 Å². The molecular formula is C18H18F3N3O3. The van der Waals surface area contributed by atoms with E-state index in [0.29, 0.717) is 31.7 Å². The van der Waals surface area contributed by atoms with E-state index in [1.54, 1.807) is 17.9 Å². The van der Waals surface area contributed by atoms with Crippen LogP contribution in [-0.2, 0) is 6.18 Å². The second-order valence-corrected chi connectivity index (χ2v) is 6.44. The van der Waals surface area contributed by atoms with Gasteiger partial charge in [-0.1, -0.05) is 5.16 Å². The van der Waals surface area contributed by atoms with Crippen LogP contribution >= 0.6 is 0 Å². The number of nitrogens with zero attached hydrogens (tertiary/aromatic N) is 2. The number of aryl methyl sites for hydroxylation is 1. The van der Waals surface area contributed by atoms with Gasteiger partial charge in [-0.15, -0.1) is 0 Å². The highest BCUT2D eigenvalue weighted by atomic mass is 19.4. The highest BCUT2D eigenvalue weighted by Crippen LogP contribution is 2.29. The summed E-state index contributed by atoms with van der Waals surface area (Å²) in [6, 6.07) is 5.61. The van der Waals surface area contributed by atoms with Crippen LogP contribution in [0.3, 0.4) is 0 Å². The first-order valence-corrected chi connectivity index (χ1v) is 8.45. The van der Waals surface area contributed by atoms with Crippen LogP contribution in [0.2, 0.25) is 0 Å². The number of likely N-dealkylation sites (tertiary alicyclic amines) is 1. The van der Waals surface area contributed by atoms with E-state index in [-0.39, 0.29) is 29.1 Å². The van der Waals surface area contributed by atoms with Crippen LogP contribution in [0.4, 0.5) is 13.2 Å². The van der Waals surface area contributed by atoms with Gasteiger partial charge in [0.05, 0.1) is 5.56 Å². The number of rotatable bonds is 3. The summed E-state index contributed by atoms with van der Waals surface area (Å²) in [5, 5.41) is 6.50. The molecule has 1 aromatic carbocycles. The Kier molecular flexibility index (Phi) is 5.20. The molecule has 0 spiro atoms. The third kappa shape index (κ3) is 4.47. The Labute approximate surface area is 153 Å². The maximum absolute atomic E-state index is 12.6. The monoisotopic (exact) mass is 381 g/mol. The number of piperidine rings is 1. The molecule has 1 saturated heterocycles. The maximum Gasteiger partial charge on any atom is 0.416 e. The fraction of sp³-hybridized carbons (Fsp3) is 0.389. The lowest BCUT2D eigenvalue weighted by atomic mass is 10.0. The Morgan fingerprint density at radius 3 is 2.33 bits per heavy atom. The number of hydrogen-bond acceptors (Lipinski definition) is 4. The summed E-state index contributed by atoms with van der Waals surface area (Å²) >= 11 is 0. The zero-order valence-electron chi connectivity index (χ0n) is 14.5. The quantitative estimate of drug-likeness (QED) is 0.887. The molecule has 2 aromatic rings. The normalized spacial score (nSPS) is 15.6. The second-order valence-electron chi connectivity index (χ2n) is 6.44. The molecule has 144 valence electrons. The average Bonchev–Trinajstić information content (AvgIpc) is 3.08. The number of hydrogen-bond donors (Lipinski definition) is 1. The van der Waals surface area contributed by atoms with Crippen molar-refractivity contribution >= 4 is 11.8 Å². The SMILES string of the molecule is Cc1cc(C(=O)NC2CCN(C(=O)c3ccc(C(F)(F)F)cc3)CC2)no1. The predicted molar refractivity (Wildman–Crippen MR) is 89.1 cm³/mol. The number of benzene rings is 1. The zero-order chi connectivity index (χ0) is 19.6. The summed E-state index contributed by atoms with van der Waals surface area (Å²) in [6.45, 7) is 2.50. The molecule has 27 heavy (non-hydrogen) atoms. The fourth-order valence-electron chi connectivity index (χ4n) is 2.94. The van der Waals surface area contributed by atoms with Gasteiger partial charge in [0, 0.05) is 30.8 Å². The van der Waals surface area contributed by atoms with E-state index in [4.69, 9.17) is 4.52 Å². The van der Waals surface area contributed by atoms with Gasteiger partial charge >= 0.3 is 6.18 Å². The van der Waals surface area contributed by atoms with Crippen molar-refractivity contribution in [3.63, 3.8) is 0 Å². The number of halogens is 3. The molecule has 0 radical (unpaired) electrons. The van der Waals surface area contributed by atoms with E-state index in [1.165, 1.54) is 12.1 Å². The summed E-state index contributed by atoms with van der Waals surface area (Å²) in [7, 11) is 0. The van der Waals surface area contributed by atoms with Crippen molar-refractivity contribution in [3.8, 4) is 0 Å². The Morgan fingerprint density at radius 2 is 1.81 bits per heavy atom. The van der Waals surface area contributed by atoms with Crippen molar-refractivity contribution in [1.82, 2.24) is 15.4 Å². The largest absolute Gasteiger partial charge is 0.416 e. The molecular weight excluding hydrogens is 363 g/mol. The van der Waals surface area contributed by atoms with Crippen LogP contribution in [0, 0.1) is 6.92 Å². The second kappa shape index (κ2) is 7.42. The smallest absolute Gasteiger partial charge is 0.361 e. The van der Waals surface area contributed by atoms with E-state index >= 15 is 0 Å². The molecule has 1 N–H and O–H groups in total. The van der Waals surface area contributed by atoms with Crippen LogP contribution in [-0.4, -0.2) is 41.0 Å². The van der Waals surface area contributed by atoms with Crippen LogP contribution in [0.15, 0.2) is 34.9 Å². The van der Waals surface area contributed by atoms with Gasteiger partial charge in [-0.2, -0.15) is 13.2 Å². The molecule has 1 aliphatic rings. The molecule has 9 heteroatoms. The van der Waals surface area contributed by atoms with Gasteiger partial charge in [0.15, 0.2) is 5.69 Å². The van der Waals surface area contributed by atoms with Crippen molar-refractivity contribution < 1.29 is 27.3 Å². The average molecular weight is 381 g/mol. The van der Waals surface area contributed by atoms with Gasteiger partial charge in [-0.05, 0) is 44.0 Å².